The van der Waals surface area contributed by atoms with Gasteiger partial charge in [0.25, 0.3) is 5.88 Å². The number of ether oxygens (including phenoxy) is 1. The zero-order chi connectivity index (χ0) is 12.8. The molecule has 0 saturated carbocycles. The highest BCUT2D eigenvalue weighted by Crippen LogP contribution is 2.26. The Labute approximate surface area is 112 Å². The third-order valence-corrected chi connectivity index (χ3v) is 2.89. The SMILES string of the molecule is Cn1nc(I)c2cc(F)c(OC(C)(C)C)nc21. The lowest BCUT2D eigenvalue weighted by Crippen LogP contribution is -2.24. The van der Waals surface area contributed by atoms with Gasteiger partial charge in [0, 0.05) is 7.05 Å². The van der Waals surface area contributed by atoms with Crippen LogP contribution in [0.1, 0.15) is 20.8 Å². The maximum atomic E-state index is 13.8. The van der Waals surface area contributed by atoms with Crippen LogP contribution in [-0.4, -0.2) is 20.4 Å². The van der Waals surface area contributed by atoms with Crippen LogP contribution in [-0.2, 0) is 7.05 Å². The summed E-state index contributed by atoms with van der Waals surface area (Å²) in [4.78, 5) is 4.18. The molecule has 0 radical (unpaired) electrons. The van der Waals surface area contributed by atoms with Crippen LogP contribution in [0.2, 0.25) is 0 Å². The number of rotatable bonds is 1. The average molecular weight is 349 g/mol. The van der Waals surface area contributed by atoms with Crippen molar-refractivity contribution < 1.29 is 9.13 Å². The van der Waals surface area contributed by atoms with E-state index in [2.05, 4.69) is 32.7 Å². The first kappa shape index (κ1) is 12.5. The van der Waals surface area contributed by atoms with Gasteiger partial charge in [-0.2, -0.15) is 10.1 Å². The Hall–Kier alpha value is -0.920. The lowest BCUT2D eigenvalue weighted by atomic mass is 10.2. The summed E-state index contributed by atoms with van der Waals surface area (Å²) >= 11 is 2.06. The number of nitrogens with zero attached hydrogens (tertiary/aromatic N) is 3. The maximum Gasteiger partial charge on any atom is 0.253 e. The van der Waals surface area contributed by atoms with Crippen molar-refractivity contribution in [3.05, 3.63) is 15.6 Å². The summed E-state index contributed by atoms with van der Waals surface area (Å²) in [7, 11) is 1.77. The first-order valence-corrected chi connectivity index (χ1v) is 6.23. The number of aryl methyl sites for hydroxylation is 1. The summed E-state index contributed by atoms with van der Waals surface area (Å²) in [6.07, 6.45) is 0. The molecule has 0 aliphatic carbocycles. The fraction of sp³-hybridized carbons (Fsp3) is 0.455. The van der Waals surface area contributed by atoms with E-state index in [1.807, 2.05) is 20.8 Å². The molecule has 0 atom stereocenters. The van der Waals surface area contributed by atoms with Gasteiger partial charge in [0.15, 0.2) is 11.5 Å². The lowest BCUT2D eigenvalue weighted by molar-refractivity contribution is 0.117. The van der Waals surface area contributed by atoms with Crippen LogP contribution in [0.25, 0.3) is 11.0 Å². The van der Waals surface area contributed by atoms with Crippen molar-refractivity contribution in [1.29, 1.82) is 0 Å². The van der Waals surface area contributed by atoms with Crippen LogP contribution >= 0.6 is 22.6 Å². The molecule has 6 heteroatoms. The molecule has 0 saturated heterocycles. The van der Waals surface area contributed by atoms with E-state index in [1.165, 1.54) is 6.07 Å². The van der Waals surface area contributed by atoms with Gasteiger partial charge in [0.1, 0.15) is 9.30 Å². The molecule has 0 spiro atoms. The van der Waals surface area contributed by atoms with Crippen LogP contribution in [0, 0.1) is 9.52 Å². The van der Waals surface area contributed by atoms with E-state index >= 15 is 0 Å². The molecule has 17 heavy (non-hydrogen) atoms. The smallest absolute Gasteiger partial charge is 0.253 e. The molecule has 0 unspecified atom stereocenters. The van der Waals surface area contributed by atoms with Gasteiger partial charge in [0.05, 0.1) is 5.39 Å². The first-order valence-electron chi connectivity index (χ1n) is 5.16. The molecule has 2 heterocycles. The molecule has 92 valence electrons. The van der Waals surface area contributed by atoms with Crippen molar-refractivity contribution in [2.24, 2.45) is 7.05 Å². The van der Waals surface area contributed by atoms with E-state index in [-0.39, 0.29) is 5.88 Å². The molecule has 4 nitrogen and oxygen atoms in total. The average Bonchev–Trinajstić information content (AvgIpc) is 2.42. The number of pyridine rings is 1. The molecular formula is C11H13FIN3O. The largest absolute Gasteiger partial charge is 0.470 e. The Balaban J connectivity index is 2.59. The van der Waals surface area contributed by atoms with Crippen molar-refractivity contribution >= 4 is 33.6 Å². The molecule has 0 bridgehead atoms. The highest BCUT2D eigenvalue weighted by Gasteiger charge is 2.19. The number of fused-ring (bicyclic) bond motifs is 1. The standard InChI is InChI=1S/C11H13FIN3O/c1-11(2,3)17-10-7(12)5-6-8(13)15-16(4)9(6)14-10/h5H,1-4H3. The molecule has 0 aliphatic rings. The van der Waals surface area contributed by atoms with Gasteiger partial charge in [-0.15, -0.1) is 0 Å². The van der Waals surface area contributed by atoms with Crippen molar-refractivity contribution in [2.45, 2.75) is 26.4 Å². The second-order valence-electron chi connectivity index (χ2n) is 4.78. The minimum Gasteiger partial charge on any atom is -0.470 e. The van der Waals surface area contributed by atoms with E-state index in [0.717, 1.165) is 3.70 Å². The van der Waals surface area contributed by atoms with Crippen LogP contribution in [0.15, 0.2) is 6.07 Å². The first-order chi connectivity index (χ1) is 7.78. The minimum absolute atomic E-state index is 0.0180. The zero-order valence-corrected chi connectivity index (χ0v) is 12.2. The third kappa shape index (κ3) is 2.51. The topological polar surface area (TPSA) is 39.9 Å². The summed E-state index contributed by atoms with van der Waals surface area (Å²) in [6.45, 7) is 5.56. The highest BCUT2D eigenvalue weighted by molar-refractivity contribution is 14.1. The number of hydrogen-bond acceptors (Lipinski definition) is 3. The van der Waals surface area contributed by atoms with E-state index < -0.39 is 11.4 Å². The zero-order valence-electron chi connectivity index (χ0n) is 10.1. The fourth-order valence-corrected chi connectivity index (χ4v) is 2.18. The second-order valence-corrected chi connectivity index (χ2v) is 5.80. The van der Waals surface area contributed by atoms with Crippen LogP contribution in [0.3, 0.4) is 0 Å². The van der Waals surface area contributed by atoms with Crippen LogP contribution < -0.4 is 4.74 Å². The van der Waals surface area contributed by atoms with Gasteiger partial charge < -0.3 is 4.74 Å². The van der Waals surface area contributed by atoms with Crippen molar-refractivity contribution in [3.63, 3.8) is 0 Å². The molecule has 0 N–H and O–H groups in total. The Morgan fingerprint density at radius 1 is 1.41 bits per heavy atom. The number of aromatic nitrogens is 3. The summed E-state index contributed by atoms with van der Waals surface area (Å²) in [6, 6.07) is 1.41. The Kier molecular flexibility index (Phi) is 3.01. The Morgan fingerprint density at radius 2 is 2.06 bits per heavy atom. The van der Waals surface area contributed by atoms with Gasteiger partial charge >= 0.3 is 0 Å². The summed E-state index contributed by atoms with van der Waals surface area (Å²) in [5, 5.41) is 4.89. The quantitative estimate of drug-likeness (QED) is 0.744. The minimum atomic E-state index is -0.479. The van der Waals surface area contributed by atoms with Gasteiger partial charge in [0.2, 0.25) is 0 Å². The molecule has 0 amide bonds. The predicted octanol–water partition coefficient (Wildman–Crippen LogP) is 2.89. The molecular weight excluding hydrogens is 336 g/mol. The number of hydrogen-bond donors (Lipinski definition) is 0. The van der Waals surface area contributed by atoms with E-state index in [1.54, 1.807) is 11.7 Å². The van der Waals surface area contributed by atoms with Gasteiger partial charge in [-0.1, -0.05) is 0 Å². The summed E-state index contributed by atoms with van der Waals surface area (Å²) in [5.41, 5.74) is 0.142. The molecule has 0 fully saturated rings. The van der Waals surface area contributed by atoms with Crippen molar-refractivity contribution in [2.75, 3.05) is 0 Å². The van der Waals surface area contributed by atoms with Crippen LogP contribution in [0.5, 0.6) is 5.88 Å². The molecule has 2 aromatic rings. The summed E-state index contributed by atoms with van der Waals surface area (Å²) in [5.74, 6) is -0.442. The van der Waals surface area contributed by atoms with Gasteiger partial charge in [-0.3, -0.25) is 0 Å². The lowest BCUT2D eigenvalue weighted by Gasteiger charge is -2.20. The second kappa shape index (κ2) is 4.08. The van der Waals surface area contributed by atoms with Gasteiger partial charge in [-0.25, -0.2) is 9.07 Å². The highest BCUT2D eigenvalue weighted by atomic mass is 127. The molecule has 0 aliphatic heterocycles. The van der Waals surface area contributed by atoms with Crippen molar-refractivity contribution in [1.82, 2.24) is 14.8 Å². The maximum absolute atomic E-state index is 13.8. The predicted molar refractivity (Wildman–Crippen MR) is 71.6 cm³/mol. The summed E-state index contributed by atoms with van der Waals surface area (Å²) < 4.78 is 21.6. The molecule has 0 aromatic carbocycles. The van der Waals surface area contributed by atoms with E-state index in [0.29, 0.717) is 11.0 Å². The fourth-order valence-electron chi connectivity index (χ4n) is 1.46. The van der Waals surface area contributed by atoms with Crippen molar-refractivity contribution in [3.8, 4) is 5.88 Å². The van der Waals surface area contributed by atoms with E-state index in [4.69, 9.17) is 4.74 Å². The van der Waals surface area contributed by atoms with Gasteiger partial charge in [-0.05, 0) is 49.4 Å². The van der Waals surface area contributed by atoms with E-state index in [9.17, 15) is 4.39 Å². The molecule has 2 aromatic heterocycles. The Bertz CT molecular complexity index is 574. The normalized spacial score (nSPS) is 12.1. The monoisotopic (exact) mass is 349 g/mol. The Morgan fingerprint density at radius 3 is 2.65 bits per heavy atom. The third-order valence-electron chi connectivity index (χ3n) is 2.09. The van der Waals surface area contributed by atoms with Crippen LogP contribution in [0.4, 0.5) is 4.39 Å². The molecule has 2 rings (SSSR count). The number of halogens is 2.